The lowest BCUT2D eigenvalue weighted by molar-refractivity contribution is 0.0924. The van der Waals surface area contributed by atoms with Crippen LogP contribution in [0.4, 0.5) is 0 Å². The second-order valence-electron chi connectivity index (χ2n) is 5.33. The first kappa shape index (κ1) is 17.1. The first-order chi connectivity index (χ1) is 9.82. The van der Waals surface area contributed by atoms with Crippen LogP contribution in [0, 0.1) is 6.92 Å². The molecule has 0 saturated heterocycles. The third-order valence-corrected chi connectivity index (χ3v) is 2.77. The Morgan fingerprint density at radius 2 is 2.14 bits per heavy atom. The van der Waals surface area contributed by atoms with Crippen LogP contribution in [0.15, 0.2) is 16.9 Å². The van der Waals surface area contributed by atoms with Crippen LogP contribution in [-0.2, 0) is 4.74 Å². The van der Waals surface area contributed by atoms with E-state index in [2.05, 4.69) is 21.9 Å². The molecule has 0 unspecified atom stereocenters. The maximum absolute atomic E-state index is 12.0. The Morgan fingerprint density at radius 3 is 2.67 bits per heavy atom. The summed E-state index contributed by atoms with van der Waals surface area (Å²) in [5, 5.41) is 2.65. The molecule has 0 aromatic carbocycles. The number of carbonyl (C=O) groups is 1. The number of nitrogens with one attached hydrogen (secondary N) is 2. The zero-order valence-electron chi connectivity index (χ0n) is 13.1. The fraction of sp³-hybridized carbons (Fsp3) is 0.533. The van der Waals surface area contributed by atoms with Crippen molar-refractivity contribution in [1.29, 1.82) is 0 Å². The van der Waals surface area contributed by atoms with Crippen molar-refractivity contribution >= 4 is 5.91 Å². The van der Waals surface area contributed by atoms with E-state index >= 15 is 0 Å². The van der Waals surface area contributed by atoms with Crippen molar-refractivity contribution in [3.63, 3.8) is 0 Å². The molecule has 1 heterocycles. The summed E-state index contributed by atoms with van der Waals surface area (Å²) in [4.78, 5) is 30.9. The van der Waals surface area contributed by atoms with Crippen LogP contribution in [0.2, 0.25) is 0 Å². The molecule has 0 aliphatic carbocycles. The van der Waals surface area contributed by atoms with E-state index in [0.717, 1.165) is 5.57 Å². The van der Waals surface area contributed by atoms with E-state index in [9.17, 15) is 9.59 Å². The van der Waals surface area contributed by atoms with Gasteiger partial charge in [0.25, 0.3) is 11.5 Å². The van der Waals surface area contributed by atoms with Crippen LogP contribution in [0.5, 0.6) is 0 Å². The maximum Gasteiger partial charge on any atom is 0.264 e. The van der Waals surface area contributed by atoms with Crippen LogP contribution >= 0.6 is 0 Å². The topological polar surface area (TPSA) is 84.1 Å². The van der Waals surface area contributed by atoms with Crippen molar-refractivity contribution in [3.8, 4) is 0 Å². The minimum Gasteiger partial charge on any atom is -0.375 e. The van der Waals surface area contributed by atoms with Crippen molar-refractivity contribution in [2.24, 2.45) is 0 Å². The Kier molecular flexibility index (Phi) is 6.30. The summed E-state index contributed by atoms with van der Waals surface area (Å²) in [6.45, 7) is 12.3. The number of amides is 1. The average Bonchev–Trinajstić information content (AvgIpc) is 2.36. The number of rotatable bonds is 7. The van der Waals surface area contributed by atoms with Gasteiger partial charge in [-0.3, -0.25) is 9.59 Å². The Morgan fingerprint density at radius 1 is 1.48 bits per heavy atom. The summed E-state index contributed by atoms with van der Waals surface area (Å²) in [7, 11) is 0. The molecule has 0 aliphatic rings. The van der Waals surface area contributed by atoms with Gasteiger partial charge in [0.2, 0.25) is 0 Å². The molecular formula is C15H23N3O3. The molecule has 0 atom stereocenters. The van der Waals surface area contributed by atoms with Crippen LogP contribution in [0.3, 0.4) is 0 Å². The molecular weight excluding hydrogens is 270 g/mol. The largest absolute Gasteiger partial charge is 0.375 e. The molecule has 1 amide bonds. The van der Waals surface area contributed by atoms with Gasteiger partial charge >= 0.3 is 0 Å². The van der Waals surface area contributed by atoms with E-state index in [1.54, 1.807) is 6.92 Å². The molecule has 0 fully saturated rings. The molecule has 6 heteroatoms. The van der Waals surface area contributed by atoms with E-state index in [-0.39, 0.29) is 11.5 Å². The molecule has 1 aromatic heterocycles. The number of hydrogen-bond acceptors (Lipinski definition) is 4. The molecule has 1 rings (SSSR count). The van der Waals surface area contributed by atoms with Crippen molar-refractivity contribution < 1.29 is 9.53 Å². The lowest BCUT2D eigenvalue weighted by atomic mass is 10.1. The van der Waals surface area contributed by atoms with E-state index < -0.39 is 11.5 Å². The molecule has 2 N–H and O–H groups in total. The van der Waals surface area contributed by atoms with Crippen LogP contribution < -0.4 is 10.9 Å². The molecule has 0 bridgehead atoms. The van der Waals surface area contributed by atoms with Gasteiger partial charge in [0.1, 0.15) is 11.4 Å². The smallest absolute Gasteiger partial charge is 0.264 e. The predicted octanol–water partition coefficient (Wildman–Crippen LogP) is 1.52. The fourth-order valence-electron chi connectivity index (χ4n) is 1.72. The Hall–Kier alpha value is -1.95. The van der Waals surface area contributed by atoms with Gasteiger partial charge in [-0.05, 0) is 13.8 Å². The van der Waals surface area contributed by atoms with E-state index in [1.165, 1.54) is 0 Å². The van der Waals surface area contributed by atoms with Crippen LogP contribution in [-0.4, -0.2) is 35.6 Å². The number of hydrogen-bond donors (Lipinski definition) is 2. The Labute approximate surface area is 124 Å². The van der Waals surface area contributed by atoms with Gasteiger partial charge in [0.15, 0.2) is 0 Å². The molecule has 0 radical (unpaired) electrons. The predicted molar refractivity (Wildman–Crippen MR) is 81.6 cm³/mol. The number of nitrogens with zero attached hydrogens (tertiary/aromatic N) is 1. The highest BCUT2D eigenvalue weighted by molar-refractivity contribution is 5.94. The van der Waals surface area contributed by atoms with Gasteiger partial charge < -0.3 is 15.0 Å². The summed E-state index contributed by atoms with van der Waals surface area (Å²) in [5.41, 5.74) is 0.996. The van der Waals surface area contributed by atoms with Gasteiger partial charge in [-0.15, -0.1) is 0 Å². The third-order valence-electron chi connectivity index (χ3n) is 2.77. The summed E-state index contributed by atoms with van der Waals surface area (Å²) in [6.07, 6.45) is 0. The zero-order chi connectivity index (χ0) is 16.0. The molecule has 116 valence electrons. The zero-order valence-corrected chi connectivity index (χ0v) is 13.1. The van der Waals surface area contributed by atoms with Crippen LogP contribution in [0.25, 0.3) is 0 Å². The van der Waals surface area contributed by atoms with Gasteiger partial charge in [-0.1, -0.05) is 26.0 Å². The minimum absolute atomic E-state index is 0.0549. The van der Waals surface area contributed by atoms with Crippen molar-refractivity contribution in [3.05, 3.63) is 39.6 Å². The van der Waals surface area contributed by atoms with E-state index in [0.29, 0.717) is 31.3 Å². The SMILES string of the molecule is C=C(C)COCCNC(=O)c1c(C)nc(C(C)C)[nH]c1=O. The number of aryl methyl sites for hydroxylation is 1. The normalized spacial score (nSPS) is 10.7. The van der Waals surface area contributed by atoms with E-state index in [1.807, 2.05) is 20.8 Å². The van der Waals surface area contributed by atoms with Gasteiger partial charge in [0.05, 0.1) is 18.9 Å². The summed E-state index contributed by atoms with van der Waals surface area (Å²) >= 11 is 0. The summed E-state index contributed by atoms with van der Waals surface area (Å²) in [5.74, 6) is 0.248. The summed E-state index contributed by atoms with van der Waals surface area (Å²) in [6, 6.07) is 0. The molecule has 0 saturated carbocycles. The molecule has 1 aromatic rings. The molecule has 6 nitrogen and oxygen atoms in total. The lowest BCUT2D eigenvalue weighted by Crippen LogP contribution is -2.34. The highest BCUT2D eigenvalue weighted by Gasteiger charge is 2.16. The summed E-state index contributed by atoms with van der Waals surface area (Å²) < 4.78 is 5.28. The van der Waals surface area contributed by atoms with Gasteiger partial charge in [0, 0.05) is 12.5 Å². The van der Waals surface area contributed by atoms with Crippen molar-refractivity contribution in [1.82, 2.24) is 15.3 Å². The molecule has 0 aliphatic heterocycles. The lowest BCUT2D eigenvalue weighted by Gasteiger charge is -2.10. The van der Waals surface area contributed by atoms with Crippen molar-refractivity contribution in [2.45, 2.75) is 33.6 Å². The number of aromatic nitrogens is 2. The number of H-pyrrole nitrogens is 1. The molecule has 21 heavy (non-hydrogen) atoms. The Balaban J connectivity index is 2.66. The first-order valence-electron chi connectivity index (χ1n) is 6.94. The standard InChI is InChI=1S/C15H23N3O3/c1-9(2)8-21-7-6-16-14(19)12-11(5)17-13(10(3)4)18-15(12)20/h10H,1,6-8H2,2-5H3,(H,16,19)(H,17,18,20). The fourth-order valence-corrected chi connectivity index (χ4v) is 1.72. The number of carbonyl (C=O) groups excluding carboxylic acids is 1. The van der Waals surface area contributed by atoms with Gasteiger partial charge in [-0.25, -0.2) is 4.98 Å². The average molecular weight is 293 g/mol. The van der Waals surface area contributed by atoms with E-state index in [4.69, 9.17) is 4.74 Å². The third kappa shape index (κ3) is 5.15. The highest BCUT2D eigenvalue weighted by Crippen LogP contribution is 2.08. The minimum atomic E-state index is -0.435. The number of aromatic amines is 1. The molecule has 0 spiro atoms. The Bertz CT molecular complexity index is 576. The second-order valence-corrected chi connectivity index (χ2v) is 5.33. The maximum atomic E-state index is 12.0. The van der Waals surface area contributed by atoms with Gasteiger partial charge in [-0.2, -0.15) is 0 Å². The quantitative estimate of drug-likeness (QED) is 0.590. The second kappa shape index (κ2) is 7.73. The monoisotopic (exact) mass is 293 g/mol. The number of ether oxygens (including phenoxy) is 1. The van der Waals surface area contributed by atoms with Crippen molar-refractivity contribution in [2.75, 3.05) is 19.8 Å². The highest BCUT2D eigenvalue weighted by atomic mass is 16.5. The first-order valence-corrected chi connectivity index (χ1v) is 6.94. The van der Waals surface area contributed by atoms with Crippen LogP contribution in [0.1, 0.15) is 48.6 Å².